The summed E-state index contributed by atoms with van der Waals surface area (Å²) in [5.41, 5.74) is 20.8. The third-order valence-electron chi connectivity index (χ3n) is 14.1. The summed E-state index contributed by atoms with van der Waals surface area (Å²) in [5, 5.41) is 7.63. The van der Waals surface area contributed by atoms with Crippen LogP contribution in [-0.2, 0) is 10.8 Å². The maximum atomic E-state index is 2.50. The predicted molar refractivity (Wildman–Crippen MR) is 256 cm³/mol. The molecule has 0 spiro atoms. The summed E-state index contributed by atoms with van der Waals surface area (Å²) in [4.78, 5) is 0. The molecular weight excluding hydrogens is 721 g/mol. The van der Waals surface area contributed by atoms with Crippen molar-refractivity contribution < 1.29 is 0 Å². The molecule has 2 aliphatic carbocycles. The second-order valence-corrected chi connectivity index (χ2v) is 18.0. The van der Waals surface area contributed by atoms with E-state index in [0.29, 0.717) is 0 Å². The first-order valence-corrected chi connectivity index (χ1v) is 21.3. The molecule has 0 heteroatoms. The number of fused-ring (bicyclic) bond motifs is 9. The highest BCUT2D eigenvalue weighted by Crippen LogP contribution is 2.54. The largest absolute Gasteiger partial charge is 0.0622 e. The Morgan fingerprint density at radius 2 is 0.617 bits per heavy atom. The van der Waals surface area contributed by atoms with E-state index in [2.05, 4.69) is 222 Å². The molecule has 0 nitrogen and oxygen atoms in total. The Hall–Kier alpha value is -7.02. The molecule has 0 atom stereocenters. The van der Waals surface area contributed by atoms with Crippen molar-refractivity contribution in [2.24, 2.45) is 0 Å². The molecule has 0 aromatic heterocycles. The second-order valence-electron chi connectivity index (χ2n) is 18.0. The van der Waals surface area contributed by atoms with Crippen LogP contribution in [0.5, 0.6) is 0 Å². The number of hydrogen-bond acceptors (Lipinski definition) is 0. The molecule has 0 N–H and O–H groups in total. The first-order valence-electron chi connectivity index (χ1n) is 21.3. The minimum absolute atomic E-state index is 0.0948. The zero-order valence-electron chi connectivity index (χ0n) is 34.5. The molecule has 12 rings (SSSR count). The summed E-state index contributed by atoms with van der Waals surface area (Å²) in [6.07, 6.45) is 0. The lowest BCUT2D eigenvalue weighted by molar-refractivity contribution is 0.660. The van der Waals surface area contributed by atoms with Crippen LogP contribution >= 0.6 is 0 Å². The molecule has 10 aromatic rings. The van der Waals surface area contributed by atoms with Crippen LogP contribution in [0.4, 0.5) is 0 Å². The molecule has 0 aliphatic heterocycles. The van der Waals surface area contributed by atoms with Gasteiger partial charge in [-0.3, -0.25) is 0 Å². The first kappa shape index (κ1) is 35.0. The van der Waals surface area contributed by atoms with Gasteiger partial charge < -0.3 is 0 Å². The van der Waals surface area contributed by atoms with Gasteiger partial charge in [0.05, 0.1) is 0 Å². The van der Waals surface area contributed by atoms with Crippen LogP contribution in [0, 0.1) is 0 Å². The summed E-state index contributed by atoms with van der Waals surface area (Å²) in [6.45, 7) is 9.54. The van der Waals surface area contributed by atoms with Crippen molar-refractivity contribution in [2.45, 2.75) is 38.5 Å². The van der Waals surface area contributed by atoms with Crippen LogP contribution in [0.15, 0.2) is 194 Å². The van der Waals surface area contributed by atoms with E-state index < -0.39 is 0 Å². The van der Waals surface area contributed by atoms with Crippen molar-refractivity contribution in [1.29, 1.82) is 0 Å². The zero-order chi connectivity index (χ0) is 40.3. The molecule has 0 fully saturated rings. The third kappa shape index (κ3) is 4.91. The van der Waals surface area contributed by atoms with E-state index in [1.165, 1.54) is 121 Å². The van der Waals surface area contributed by atoms with Gasteiger partial charge in [0.2, 0.25) is 0 Å². The van der Waals surface area contributed by atoms with Crippen molar-refractivity contribution in [2.75, 3.05) is 0 Å². The molecule has 0 amide bonds. The van der Waals surface area contributed by atoms with Crippen molar-refractivity contribution in [3.63, 3.8) is 0 Å². The summed E-state index contributed by atoms with van der Waals surface area (Å²) in [6, 6.07) is 73.2. The Bertz CT molecular complexity index is 3410. The molecule has 10 aromatic carbocycles. The fourth-order valence-electron chi connectivity index (χ4n) is 11.1. The Balaban J connectivity index is 1.15. The summed E-state index contributed by atoms with van der Waals surface area (Å²) >= 11 is 0. The Morgan fingerprint density at radius 3 is 1.17 bits per heavy atom. The topological polar surface area (TPSA) is 0 Å². The fourth-order valence-corrected chi connectivity index (χ4v) is 11.1. The zero-order valence-corrected chi connectivity index (χ0v) is 34.5. The standard InChI is InChI=1S/C60H44/c1-59(2)53-24-14-12-20-45(53)47-29-27-39(35-55(47)59)57-49-22-10-11-23-50(49)58(40-28-30-48-46-21-13-15-25-54(46)60(3,4)56(48)36-40)52-34-38(26-31-51(52)57)42-33-32-41(37-16-6-5-7-17-37)43-18-8-9-19-44(42)43/h5-36H,1-4H3. The summed E-state index contributed by atoms with van der Waals surface area (Å²) in [7, 11) is 0. The quantitative estimate of drug-likeness (QED) is 0.157. The highest BCUT2D eigenvalue weighted by molar-refractivity contribution is 6.22. The molecule has 0 unspecified atom stereocenters. The van der Waals surface area contributed by atoms with E-state index in [1.54, 1.807) is 0 Å². The van der Waals surface area contributed by atoms with Crippen molar-refractivity contribution >= 4 is 32.3 Å². The summed E-state index contributed by atoms with van der Waals surface area (Å²) < 4.78 is 0. The van der Waals surface area contributed by atoms with E-state index in [4.69, 9.17) is 0 Å². The van der Waals surface area contributed by atoms with Gasteiger partial charge in [0, 0.05) is 10.8 Å². The fraction of sp³-hybridized carbons (Fsp3) is 0.100. The van der Waals surface area contributed by atoms with E-state index in [9.17, 15) is 0 Å². The average molecular weight is 765 g/mol. The van der Waals surface area contributed by atoms with Crippen LogP contribution in [0.3, 0.4) is 0 Å². The lowest BCUT2D eigenvalue weighted by Crippen LogP contribution is -2.15. The van der Waals surface area contributed by atoms with Crippen LogP contribution in [0.2, 0.25) is 0 Å². The van der Waals surface area contributed by atoms with Gasteiger partial charge in [-0.15, -0.1) is 0 Å². The molecule has 284 valence electrons. The molecule has 0 radical (unpaired) electrons. The Morgan fingerprint density at radius 1 is 0.233 bits per heavy atom. The SMILES string of the molecule is CC1(C)c2ccccc2-c2ccc(-c3c4ccccc4c(-c4ccc5c(c4)C(C)(C)c4ccccc4-5)c4cc(-c5ccc(-c6ccccc6)c6ccccc56)ccc34)cc21. The molecular formula is C60H44. The monoisotopic (exact) mass is 764 g/mol. The van der Waals surface area contributed by atoms with Crippen LogP contribution in [0.1, 0.15) is 49.9 Å². The van der Waals surface area contributed by atoms with Crippen LogP contribution in [0.25, 0.3) is 99.1 Å². The van der Waals surface area contributed by atoms with Gasteiger partial charge >= 0.3 is 0 Å². The number of rotatable bonds is 4. The van der Waals surface area contributed by atoms with Gasteiger partial charge in [-0.1, -0.05) is 204 Å². The minimum Gasteiger partial charge on any atom is -0.0622 e. The maximum Gasteiger partial charge on any atom is 0.0159 e. The van der Waals surface area contributed by atoms with Crippen LogP contribution in [-0.4, -0.2) is 0 Å². The Labute approximate surface area is 352 Å². The van der Waals surface area contributed by atoms with E-state index in [-0.39, 0.29) is 10.8 Å². The van der Waals surface area contributed by atoms with E-state index >= 15 is 0 Å². The van der Waals surface area contributed by atoms with Gasteiger partial charge in [-0.05, 0) is 140 Å². The lowest BCUT2D eigenvalue weighted by atomic mass is 9.79. The smallest absolute Gasteiger partial charge is 0.0159 e. The first-order chi connectivity index (χ1) is 29.3. The summed E-state index contributed by atoms with van der Waals surface area (Å²) in [5.74, 6) is 0. The lowest BCUT2D eigenvalue weighted by Gasteiger charge is -2.24. The molecule has 0 heterocycles. The van der Waals surface area contributed by atoms with Crippen LogP contribution < -0.4 is 0 Å². The van der Waals surface area contributed by atoms with Gasteiger partial charge in [0.25, 0.3) is 0 Å². The normalized spacial score (nSPS) is 14.3. The minimum atomic E-state index is -0.104. The number of benzene rings is 10. The maximum absolute atomic E-state index is 2.50. The van der Waals surface area contributed by atoms with Crippen molar-refractivity contribution in [1.82, 2.24) is 0 Å². The van der Waals surface area contributed by atoms with Gasteiger partial charge in [0.15, 0.2) is 0 Å². The predicted octanol–water partition coefficient (Wildman–Crippen LogP) is 16.4. The highest BCUT2D eigenvalue weighted by atomic mass is 14.4. The highest BCUT2D eigenvalue weighted by Gasteiger charge is 2.37. The van der Waals surface area contributed by atoms with Gasteiger partial charge in [-0.25, -0.2) is 0 Å². The number of hydrogen-bond donors (Lipinski definition) is 0. The average Bonchev–Trinajstić information content (AvgIpc) is 3.66. The second kappa shape index (κ2) is 12.7. The molecule has 60 heavy (non-hydrogen) atoms. The molecule has 2 aliphatic rings. The molecule has 0 saturated heterocycles. The Kier molecular flexibility index (Phi) is 7.42. The van der Waals surface area contributed by atoms with Crippen molar-refractivity contribution in [3.05, 3.63) is 216 Å². The van der Waals surface area contributed by atoms with Crippen molar-refractivity contribution in [3.8, 4) is 66.8 Å². The molecule has 0 saturated carbocycles. The van der Waals surface area contributed by atoms with E-state index in [1.807, 2.05) is 0 Å². The van der Waals surface area contributed by atoms with Gasteiger partial charge in [0.1, 0.15) is 0 Å². The third-order valence-corrected chi connectivity index (χ3v) is 14.1. The van der Waals surface area contributed by atoms with Gasteiger partial charge in [-0.2, -0.15) is 0 Å². The van der Waals surface area contributed by atoms with E-state index in [0.717, 1.165) is 0 Å². The molecule has 0 bridgehead atoms.